The number of nitrogens with zero attached hydrogens (tertiary/aromatic N) is 2. The van der Waals surface area contributed by atoms with Gasteiger partial charge in [0.05, 0.1) is 11.1 Å². The highest BCUT2D eigenvalue weighted by Gasteiger charge is 2.20. The van der Waals surface area contributed by atoms with Gasteiger partial charge in [0, 0.05) is 34.8 Å². The van der Waals surface area contributed by atoms with Crippen LogP contribution in [0.25, 0.3) is 21.9 Å². The zero-order chi connectivity index (χ0) is 27.6. The summed E-state index contributed by atoms with van der Waals surface area (Å²) in [5, 5.41) is 4.45. The monoisotopic (exact) mass is 529 g/mol. The number of ether oxygens (including phenoxy) is 2. The zero-order valence-electron chi connectivity index (χ0n) is 22.4. The summed E-state index contributed by atoms with van der Waals surface area (Å²) in [6.45, 7) is 6.12. The van der Waals surface area contributed by atoms with E-state index in [-0.39, 0.29) is 5.91 Å². The topological polar surface area (TPSA) is 86.5 Å². The highest BCUT2D eigenvalue weighted by atomic mass is 16.5. The molecule has 3 aromatic heterocycles. The van der Waals surface area contributed by atoms with Crippen molar-refractivity contribution in [2.75, 3.05) is 5.32 Å². The Kier molecular flexibility index (Phi) is 6.62. The predicted octanol–water partition coefficient (Wildman–Crippen LogP) is 7.92. The molecule has 0 atom stereocenters. The molecule has 3 heterocycles. The maximum absolute atomic E-state index is 13.2. The molecule has 40 heavy (non-hydrogen) atoms. The van der Waals surface area contributed by atoms with E-state index in [9.17, 15) is 4.79 Å². The Hall–Kier alpha value is -5.17. The van der Waals surface area contributed by atoms with E-state index in [4.69, 9.17) is 13.9 Å². The van der Waals surface area contributed by atoms with Gasteiger partial charge in [-0.25, -0.2) is 4.98 Å². The van der Waals surface area contributed by atoms with Crippen LogP contribution >= 0.6 is 0 Å². The lowest BCUT2D eigenvalue weighted by Crippen LogP contribution is -2.14. The first kappa shape index (κ1) is 25.1. The Bertz CT molecular complexity index is 1840. The maximum atomic E-state index is 13.2. The third-order valence-corrected chi connectivity index (χ3v) is 6.55. The van der Waals surface area contributed by atoms with Gasteiger partial charge in [-0.1, -0.05) is 30.3 Å². The Morgan fingerprint density at radius 3 is 2.50 bits per heavy atom. The third-order valence-electron chi connectivity index (χ3n) is 6.55. The average Bonchev–Trinajstić information content (AvgIpc) is 3.27. The number of carbonyl (C=O) groups excluding carboxylic acids is 1. The van der Waals surface area contributed by atoms with Gasteiger partial charge in [0.2, 0.25) is 0 Å². The van der Waals surface area contributed by atoms with Crippen LogP contribution in [-0.4, -0.2) is 15.9 Å². The molecule has 0 aliphatic rings. The molecule has 6 rings (SSSR count). The second-order valence-corrected chi connectivity index (χ2v) is 9.68. The van der Waals surface area contributed by atoms with Crippen LogP contribution in [0.5, 0.6) is 17.2 Å². The highest BCUT2D eigenvalue weighted by molar-refractivity contribution is 6.13. The van der Waals surface area contributed by atoms with Crippen molar-refractivity contribution in [1.82, 2.24) is 9.97 Å². The molecule has 0 radical (unpaired) electrons. The van der Waals surface area contributed by atoms with E-state index in [1.54, 1.807) is 19.2 Å². The van der Waals surface area contributed by atoms with Crippen molar-refractivity contribution in [2.45, 2.75) is 27.4 Å². The molecule has 0 aliphatic heterocycles. The van der Waals surface area contributed by atoms with Gasteiger partial charge in [-0.15, -0.1) is 0 Å². The summed E-state index contributed by atoms with van der Waals surface area (Å²) in [6, 6.07) is 26.8. The minimum atomic E-state index is -0.271. The third kappa shape index (κ3) is 5.22. The number of amides is 1. The molecule has 7 nitrogen and oxygen atoms in total. The van der Waals surface area contributed by atoms with Crippen molar-refractivity contribution in [3.8, 4) is 17.2 Å². The number of aryl methyl sites for hydroxylation is 3. The van der Waals surface area contributed by atoms with Crippen molar-refractivity contribution in [1.29, 1.82) is 0 Å². The first-order valence-electron chi connectivity index (χ1n) is 13.0. The summed E-state index contributed by atoms with van der Waals surface area (Å²) >= 11 is 0. The quantitative estimate of drug-likeness (QED) is 0.226. The SMILES string of the molecule is Cc1cc(C)nc(NC(=O)c2c(C)oc3cc(Oc4ccnc5cc(OCc6ccccc6)ccc45)ccc23)c1. The number of pyridine rings is 2. The van der Waals surface area contributed by atoms with Crippen molar-refractivity contribution >= 4 is 33.6 Å². The Morgan fingerprint density at radius 2 is 1.68 bits per heavy atom. The normalized spacial score (nSPS) is 11.1. The van der Waals surface area contributed by atoms with Crippen molar-refractivity contribution < 1.29 is 18.7 Å². The van der Waals surface area contributed by atoms with Crippen LogP contribution in [0.15, 0.2) is 95.5 Å². The van der Waals surface area contributed by atoms with Crippen LogP contribution in [0.1, 0.15) is 32.9 Å². The molecule has 3 aromatic carbocycles. The standard InChI is InChI=1S/C33H27N3O4/c1-20-15-21(2)35-31(16-20)36-33(37)32-22(3)39-30-18-25(10-12-27(30)32)40-29-13-14-34-28-17-24(9-11-26(28)29)38-19-23-7-5-4-6-8-23/h4-18H,19H2,1-3H3,(H,35,36,37). The van der Waals surface area contributed by atoms with E-state index < -0.39 is 0 Å². The number of fused-ring (bicyclic) bond motifs is 2. The predicted molar refractivity (Wildman–Crippen MR) is 155 cm³/mol. The summed E-state index contributed by atoms with van der Waals surface area (Å²) in [6.07, 6.45) is 1.71. The summed E-state index contributed by atoms with van der Waals surface area (Å²) in [5.74, 6) is 2.73. The molecule has 1 amide bonds. The van der Waals surface area contributed by atoms with Gasteiger partial charge < -0.3 is 19.2 Å². The lowest BCUT2D eigenvalue weighted by molar-refractivity contribution is 0.102. The molecule has 6 aromatic rings. The number of aromatic nitrogens is 2. The number of benzene rings is 3. The lowest BCUT2D eigenvalue weighted by atomic mass is 10.1. The van der Waals surface area contributed by atoms with Crippen molar-refractivity contribution in [2.24, 2.45) is 0 Å². The Labute approximate surface area is 231 Å². The van der Waals surface area contributed by atoms with Crippen LogP contribution in [-0.2, 0) is 6.61 Å². The Morgan fingerprint density at radius 1 is 0.875 bits per heavy atom. The number of carbonyl (C=O) groups is 1. The number of nitrogens with one attached hydrogen (secondary N) is 1. The smallest absolute Gasteiger partial charge is 0.260 e. The zero-order valence-corrected chi connectivity index (χ0v) is 22.4. The van der Waals surface area contributed by atoms with E-state index in [0.29, 0.717) is 46.2 Å². The molecule has 0 spiro atoms. The molecular formula is C33H27N3O4. The van der Waals surface area contributed by atoms with Gasteiger partial charge in [0.25, 0.3) is 5.91 Å². The van der Waals surface area contributed by atoms with E-state index >= 15 is 0 Å². The van der Waals surface area contributed by atoms with E-state index in [1.807, 2.05) is 92.7 Å². The largest absolute Gasteiger partial charge is 0.489 e. The van der Waals surface area contributed by atoms with E-state index in [0.717, 1.165) is 33.5 Å². The number of anilines is 1. The van der Waals surface area contributed by atoms with Crippen LogP contribution in [0.2, 0.25) is 0 Å². The minimum absolute atomic E-state index is 0.271. The summed E-state index contributed by atoms with van der Waals surface area (Å²) < 4.78 is 18.2. The number of furan rings is 1. The van der Waals surface area contributed by atoms with Gasteiger partial charge in [0.1, 0.15) is 41.0 Å². The van der Waals surface area contributed by atoms with Crippen LogP contribution < -0.4 is 14.8 Å². The molecule has 0 saturated heterocycles. The van der Waals surface area contributed by atoms with Gasteiger partial charge >= 0.3 is 0 Å². The summed E-state index contributed by atoms with van der Waals surface area (Å²) in [7, 11) is 0. The molecule has 0 aliphatic carbocycles. The molecule has 1 N–H and O–H groups in total. The Balaban J connectivity index is 1.23. The van der Waals surface area contributed by atoms with Gasteiger partial charge in [-0.05, 0) is 74.4 Å². The number of hydrogen-bond donors (Lipinski definition) is 1. The fourth-order valence-electron chi connectivity index (χ4n) is 4.78. The molecule has 198 valence electrons. The average molecular weight is 530 g/mol. The molecule has 0 fully saturated rings. The highest BCUT2D eigenvalue weighted by Crippen LogP contribution is 2.34. The first-order valence-corrected chi connectivity index (χ1v) is 13.0. The molecule has 0 unspecified atom stereocenters. The minimum Gasteiger partial charge on any atom is -0.489 e. The molecule has 7 heteroatoms. The van der Waals surface area contributed by atoms with Gasteiger partial charge in [-0.2, -0.15) is 0 Å². The second-order valence-electron chi connectivity index (χ2n) is 9.68. The maximum Gasteiger partial charge on any atom is 0.260 e. The van der Waals surface area contributed by atoms with Crippen LogP contribution in [0.4, 0.5) is 5.82 Å². The lowest BCUT2D eigenvalue weighted by Gasteiger charge is -2.11. The van der Waals surface area contributed by atoms with Crippen LogP contribution in [0, 0.1) is 20.8 Å². The van der Waals surface area contributed by atoms with Crippen molar-refractivity contribution in [3.63, 3.8) is 0 Å². The number of hydrogen-bond acceptors (Lipinski definition) is 6. The van der Waals surface area contributed by atoms with E-state index in [1.165, 1.54) is 0 Å². The second kappa shape index (κ2) is 10.5. The molecular weight excluding hydrogens is 502 g/mol. The first-order chi connectivity index (χ1) is 19.4. The van der Waals surface area contributed by atoms with Crippen LogP contribution in [0.3, 0.4) is 0 Å². The van der Waals surface area contributed by atoms with E-state index in [2.05, 4.69) is 15.3 Å². The van der Waals surface area contributed by atoms with Gasteiger partial charge in [-0.3, -0.25) is 9.78 Å². The fourth-order valence-corrected chi connectivity index (χ4v) is 4.78. The van der Waals surface area contributed by atoms with Crippen molar-refractivity contribution in [3.05, 3.63) is 119 Å². The van der Waals surface area contributed by atoms with Gasteiger partial charge in [0.15, 0.2) is 0 Å². The fraction of sp³-hybridized carbons (Fsp3) is 0.121. The molecule has 0 saturated carbocycles. The molecule has 0 bridgehead atoms. The number of rotatable bonds is 7. The summed E-state index contributed by atoms with van der Waals surface area (Å²) in [4.78, 5) is 22.1. The summed E-state index contributed by atoms with van der Waals surface area (Å²) in [5.41, 5.74) is 4.75.